The lowest BCUT2D eigenvalue weighted by Crippen LogP contribution is -2.55. The molecule has 7 heteroatoms. The van der Waals surface area contributed by atoms with E-state index >= 15 is 0 Å². The molecule has 0 bridgehead atoms. The number of nitrogens with one attached hydrogen (secondary N) is 3. The molecule has 1 rings (SSSR count). The number of thiol groups is 2. The van der Waals surface area contributed by atoms with Crippen LogP contribution in [0.4, 0.5) is 0 Å². The van der Waals surface area contributed by atoms with Crippen molar-refractivity contribution in [1.29, 1.82) is 0 Å². The van der Waals surface area contributed by atoms with E-state index in [4.69, 9.17) is 0 Å². The molecule has 0 aromatic rings. The maximum absolute atomic E-state index is 11.8. The predicted octanol–water partition coefficient (Wildman–Crippen LogP) is -1.19. The van der Waals surface area contributed by atoms with Gasteiger partial charge in [-0.2, -0.15) is 25.3 Å². The molecule has 0 aliphatic heterocycles. The topological polar surface area (TPSA) is 70.2 Å². The van der Waals surface area contributed by atoms with Gasteiger partial charge in [0.15, 0.2) is 0 Å². The molecule has 1 unspecified atom stereocenters. The summed E-state index contributed by atoms with van der Waals surface area (Å²) in [6.45, 7) is 0. The van der Waals surface area contributed by atoms with Gasteiger partial charge in [0.05, 0.1) is 6.04 Å². The second kappa shape index (κ2) is 5.29. The highest BCUT2D eigenvalue weighted by molar-refractivity contribution is 7.81. The van der Waals surface area contributed by atoms with Gasteiger partial charge in [0.2, 0.25) is 11.8 Å². The molecule has 0 aromatic carbocycles. The quantitative estimate of drug-likeness (QED) is 0.405. The number of hydrogen-bond acceptors (Lipinski definition) is 5. The summed E-state index contributed by atoms with van der Waals surface area (Å²) in [5.74, 6) is -0.0452. The minimum Gasteiger partial charge on any atom is -0.357 e. The molecule has 16 heavy (non-hydrogen) atoms. The van der Waals surface area contributed by atoms with Crippen LogP contribution in [-0.4, -0.2) is 48.5 Å². The summed E-state index contributed by atoms with van der Waals surface area (Å²) in [7, 11) is 3.22. The molecular formula is C9H17N3O2S2. The SMILES string of the molecule is CNC(=O)[C@]1(NC(=O)[C@@H](CS)NC)CC1S. The number of carbonyl (C=O) groups excluding carboxylic acids is 2. The van der Waals surface area contributed by atoms with Crippen molar-refractivity contribution in [2.45, 2.75) is 23.3 Å². The monoisotopic (exact) mass is 263 g/mol. The van der Waals surface area contributed by atoms with Gasteiger partial charge in [-0.15, -0.1) is 0 Å². The van der Waals surface area contributed by atoms with Crippen molar-refractivity contribution < 1.29 is 9.59 Å². The van der Waals surface area contributed by atoms with Gasteiger partial charge in [0.1, 0.15) is 5.54 Å². The highest BCUT2D eigenvalue weighted by Crippen LogP contribution is 2.41. The first-order valence-corrected chi connectivity index (χ1v) is 6.17. The van der Waals surface area contributed by atoms with Gasteiger partial charge in [0.25, 0.3) is 0 Å². The lowest BCUT2D eigenvalue weighted by atomic mass is 10.2. The molecule has 0 saturated heterocycles. The largest absolute Gasteiger partial charge is 0.357 e. The van der Waals surface area contributed by atoms with Gasteiger partial charge in [-0.1, -0.05) is 0 Å². The first-order valence-electron chi connectivity index (χ1n) is 5.02. The van der Waals surface area contributed by atoms with Crippen molar-refractivity contribution in [3.05, 3.63) is 0 Å². The molecule has 1 fully saturated rings. The molecule has 0 aromatic heterocycles. The van der Waals surface area contributed by atoms with Crippen LogP contribution in [0, 0.1) is 0 Å². The molecule has 3 N–H and O–H groups in total. The summed E-state index contributed by atoms with van der Waals surface area (Å²) in [6, 6.07) is -0.397. The summed E-state index contributed by atoms with van der Waals surface area (Å²) < 4.78 is 0. The summed E-state index contributed by atoms with van der Waals surface area (Å²) in [6.07, 6.45) is 0.560. The zero-order valence-electron chi connectivity index (χ0n) is 9.28. The van der Waals surface area contributed by atoms with E-state index in [2.05, 4.69) is 41.2 Å². The number of amides is 2. The average Bonchev–Trinajstić information content (AvgIpc) is 2.90. The van der Waals surface area contributed by atoms with E-state index in [1.165, 1.54) is 0 Å². The second-order valence-electron chi connectivity index (χ2n) is 3.78. The molecule has 2 amide bonds. The Morgan fingerprint density at radius 3 is 2.38 bits per heavy atom. The third-order valence-electron chi connectivity index (χ3n) is 2.75. The van der Waals surface area contributed by atoms with Gasteiger partial charge in [-0.3, -0.25) is 9.59 Å². The van der Waals surface area contributed by atoms with Crippen molar-refractivity contribution in [3.63, 3.8) is 0 Å². The zero-order valence-corrected chi connectivity index (χ0v) is 11.1. The zero-order chi connectivity index (χ0) is 12.3. The van der Waals surface area contributed by atoms with Crippen LogP contribution in [0.5, 0.6) is 0 Å². The Morgan fingerprint density at radius 1 is 1.50 bits per heavy atom. The van der Waals surface area contributed by atoms with Crippen LogP contribution in [0.15, 0.2) is 0 Å². The van der Waals surface area contributed by atoms with E-state index in [-0.39, 0.29) is 17.1 Å². The minimum atomic E-state index is -0.840. The number of rotatable bonds is 5. The summed E-state index contributed by atoms with van der Waals surface area (Å²) >= 11 is 8.30. The van der Waals surface area contributed by atoms with Gasteiger partial charge >= 0.3 is 0 Å². The fourth-order valence-corrected chi connectivity index (χ4v) is 2.33. The van der Waals surface area contributed by atoms with Gasteiger partial charge in [-0.05, 0) is 13.5 Å². The highest BCUT2D eigenvalue weighted by Gasteiger charge is 2.59. The smallest absolute Gasteiger partial charge is 0.246 e. The Kier molecular flexibility index (Phi) is 4.52. The summed E-state index contributed by atoms with van der Waals surface area (Å²) in [5, 5.41) is 7.98. The second-order valence-corrected chi connectivity index (χ2v) is 4.77. The van der Waals surface area contributed by atoms with E-state index < -0.39 is 11.6 Å². The van der Waals surface area contributed by atoms with Crippen LogP contribution < -0.4 is 16.0 Å². The molecule has 92 valence electrons. The maximum atomic E-state index is 11.8. The van der Waals surface area contributed by atoms with Crippen molar-refractivity contribution in [2.75, 3.05) is 19.8 Å². The number of hydrogen-bond donors (Lipinski definition) is 5. The lowest BCUT2D eigenvalue weighted by Gasteiger charge is -2.20. The van der Waals surface area contributed by atoms with Crippen molar-refractivity contribution in [2.24, 2.45) is 0 Å². The van der Waals surface area contributed by atoms with Crippen LogP contribution in [0.1, 0.15) is 6.42 Å². The third kappa shape index (κ3) is 2.46. The molecule has 5 nitrogen and oxygen atoms in total. The standard InChI is InChI=1S/C9H17N3O2S2/c1-10-5(4-15)7(13)12-9(3-6(9)16)8(14)11-2/h5-6,10,15-16H,3-4H2,1-2H3,(H,11,14)(H,12,13)/t5-,6?,9+/m1/s1. The van der Waals surface area contributed by atoms with Crippen molar-refractivity contribution in [3.8, 4) is 0 Å². The predicted molar refractivity (Wildman–Crippen MR) is 69.0 cm³/mol. The normalized spacial score (nSPS) is 29.4. The van der Waals surface area contributed by atoms with Crippen LogP contribution in [0.3, 0.4) is 0 Å². The Hall–Kier alpha value is -0.400. The van der Waals surface area contributed by atoms with E-state index in [0.29, 0.717) is 12.2 Å². The molecular weight excluding hydrogens is 246 g/mol. The van der Waals surface area contributed by atoms with Crippen LogP contribution in [0.2, 0.25) is 0 Å². The summed E-state index contributed by atoms with van der Waals surface area (Å²) in [5.41, 5.74) is -0.840. The van der Waals surface area contributed by atoms with E-state index in [1.807, 2.05) is 0 Å². The van der Waals surface area contributed by atoms with Gasteiger partial charge in [0, 0.05) is 18.1 Å². The molecule has 1 aliphatic rings. The Labute approximate surface area is 106 Å². The first kappa shape index (κ1) is 13.7. The van der Waals surface area contributed by atoms with E-state index in [0.717, 1.165) is 0 Å². The molecule has 0 heterocycles. The fourth-order valence-electron chi connectivity index (χ4n) is 1.52. The Balaban J connectivity index is 2.65. The molecule has 0 radical (unpaired) electrons. The lowest BCUT2D eigenvalue weighted by molar-refractivity contribution is -0.130. The number of likely N-dealkylation sites (N-methyl/N-ethyl adjacent to an activating group) is 2. The third-order valence-corrected chi connectivity index (χ3v) is 3.74. The molecule has 3 atom stereocenters. The Bertz CT molecular complexity index is 296. The van der Waals surface area contributed by atoms with Crippen molar-refractivity contribution in [1.82, 2.24) is 16.0 Å². The Morgan fingerprint density at radius 2 is 2.06 bits per heavy atom. The minimum absolute atomic E-state index is 0.117. The molecule has 1 saturated carbocycles. The average molecular weight is 263 g/mol. The van der Waals surface area contributed by atoms with E-state index in [9.17, 15) is 9.59 Å². The van der Waals surface area contributed by atoms with Crippen LogP contribution in [-0.2, 0) is 9.59 Å². The fraction of sp³-hybridized carbons (Fsp3) is 0.778. The van der Waals surface area contributed by atoms with Gasteiger partial charge in [-0.25, -0.2) is 0 Å². The van der Waals surface area contributed by atoms with Crippen molar-refractivity contribution >= 4 is 37.1 Å². The maximum Gasteiger partial charge on any atom is 0.246 e. The van der Waals surface area contributed by atoms with Gasteiger partial charge < -0.3 is 16.0 Å². The highest BCUT2D eigenvalue weighted by atomic mass is 32.1. The molecule has 1 aliphatic carbocycles. The van der Waals surface area contributed by atoms with Crippen LogP contribution in [0.25, 0.3) is 0 Å². The first-order chi connectivity index (χ1) is 7.51. The van der Waals surface area contributed by atoms with E-state index in [1.54, 1.807) is 14.1 Å². The summed E-state index contributed by atoms with van der Waals surface area (Å²) in [4.78, 5) is 23.4. The van der Waals surface area contributed by atoms with Crippen LogP contribution >= 0.6 is 25.3 Å². The molecule has 0 spiro atoms. The number of carbonyl (C=O) groups is 2.